The molecule has 0 spiro atoms. The summed E-state index contributed by atoms with van der Waals surface area (Å²) in [6.07, 6.45) is -1.91. The van der Waals surface area contributed by atoms with Gasteiger partial charge in [-0.25, -0.2) is 28.4 Å². The molecular formula is C23H48O14Rf6-4. The summed E-state index contributed by atoms with van der Waals surface area (Å²) in [5, 5.41) is 52.7. The van der Waals surface area contributed by atoms with Crippen molar-refractivity contribution in [3.8, 4) is 0 Å². The summed E-state index contributed by atoms with van der Waals surface area (Å²) in [7, 11) is 12.5. The third-order valence-corrected chi connectivity index (χ3v) is 3.53. The van der Waals surface area contributed by atoms with Gasteiger partial charge < -0.3 is 68.5 Å². The number of aliphatic hydroxyl groups is 6. The van der Waals surface area contributed by atoms with Crippen molar-refractivity contribution in [2.45, 2.75) is 30.8 Å². The predicted molar refractivity (Wildman–Crippen MR) is 131 cm³/mol. The molecular weight excluding hydrogens is 2100 g/mol. The maximum Gasteiger partial charge on any atom is 0.0976 e. The molecule has 6 N–H and O–H groups in total. The zero-order valence-electron chi connectivity index (χ0n) is 25.9. The van der Waals surface area contributed by atoms with Gasteiger partial charge in [0, 0.05) is 39.6 Å². The number of rotatable bonds is 24. The van der Waals surface area contributed by atoms with E-state index in [1.165, 1.54) is 0 Å². The molecule has 0 radical (unpaired) electrons. The van der Waals surface area contributed by atoms with Crippen molar-refractivity contribution in [3.63, 3.8) is 0 Å². The summed E-state index contributed by atoms with van der Waals surface area (Å²) in [5.41, 5.74) is 0. The van der Waals surface area contributed by atoms with Gasteiger partial charge in [-0.15, -0.1) is 0 Å². The van der Waals surface area contributed by atoms with Gasteiger partial charge in [0.05, 0.1) is 77.3 Å². The molecule has 0 aliphatic rings. The number of ether oxygens (including phenoxy) is 8. The molecule has 0 bridgehead atoms. The first kappa shape index (κ1) is 60.8. The van der Waals surface area contributed by atoms with Crippen molar-refractivity contribution in [1.82, 2.24) is 0 Å². The fourth-order valence-electron chi connectivity index (χ4n) is 2.01. The van der Waals surface area contributed by atoms with Crippen LogP contribution >= 0.6 is 0 Å². The minimum absolute atomic E-state index is 0. The minimum atomic E-state index is -0.649. The van der Waals surface area contributed by atoms with E-state index in [1.807, 2.05) is 0 Å². The first-order valence-electron chi connectivity index (χ1n) is 11.6. The average molecular weight is 2150 g/mol. The predicted octanol–water partition coefficient (Wildman–Crippen LogP) is -1.92. The van der Waals surface area contributed by atoms with Crippen molar-refractivity contribution < 1.29 is 68.5 Å². The van der Waals surface area contributed by atoms with E-state index in [4.69, 9.17) is 39.4 Å². The van der Waals surface area contributed by atoms with Gasteiger partial charge in [-0.2, -0.15) is 0 Å². The van der Waals surface area contributed by atoms with Crippen LogP contribution in [0.25, 0.3) is 0 Å². The first-order chi connectivity index (χ1) is 17.8. The van der Waals surface area contributed by atoms with E-state index in [0.29, 0.717) is 19.6 Å². The van der Waals surface area contributed by atoms with Gasteiger partial charge in [0.25, 0.3) is 0 Å². The van der Waals surface area contributed by atoms with Crippen LogP contribution in [0, 0.1) is 28.4 Å². The quantitative estimate of drug-likeness (QED) is 0.0463. The molecule has 0 aromatic rings. The molecule has 0 saturated carbocycles. The smallest absolute Gasteiger partial charge is 0.0976 e. The second kappa shape index (κ2) is 52.0. The molecule has 4 unspecified atom stereocenters. The van der Waals surface area contributed by atoms with Gasteiger partial charge in [0.2, 0.25) is 0 Å². The van der Waals surface area contributed by atoms with Crippen LogP contribution in [0.3, 0.4) is 0 Å². The summed E-state index contributed by atoms with van der Waals surface area (Å²) in [6.45, 7) is 2.82. The van der Waals surface area contributed by atoms with E-state index in [9.17, 15) is 10.2 Å². The molecule has 0 rings (SSSR count). The number of hydrogen-bond acceptors (Lipinski definition) is 14. The Morgan fingerprint density at radius 1 is 0.372 bits per heavy atom. The third kappa shape index (κ3) is 61.2. The summed E-state index contributed by atoms with van der Waals surface area (Å²) in [4.78, 5) is 0. The van der Waals surface area contributed by atoms with Crippen LogP contribution in [0.4, 0.5) is 0 Å². The van der Waals surface area contributed by atoms with E-state index in [2.05, 4.69) is 47.4 Å². The standard InChI is InChI=1S/C11H22O6.2C6H13O4.6Rf/c1-14-6-10(12)8-16-4-3-5-17-9-11(13)7-15-2;2*1-9-4-6(8)5-10-3-2-7;;;;;;/h10-13H,1-9H2;2*6-8H,1-5H2;;;;;;/q-2;2*-1;;;;;;. The molecule has 0 fully saturated rings. The molecule has 0 aromatic carbocycles. The van der Waals surface area contributed by atoms with E-state index >= 15 is 0 Å². The Balaban J connectivity index is -0.0000000564. The minimum Gasteiger partial charge on any atom is -0.553 e. The SMILES string of the molecule is [CH2-]OCC(O)COCCCOCC(O)CO[CH2-].[CH2-]OCC(O)COCCO.[CH2-]OCC(O)COCCO.[Rf].[Rf].[Rf].[Rf].[Rf].[Rf]. The molecule has 20 heteroatoms. The van der Waals surface area contributed by atoms with Gasteiger partial charge in [0.1, 0.15) is 0 Å². The van der Waals surface area contributed by atoms with Crippen molar-refractivity contribution in [1.29, 1.82) is 0 Å². The van der Waals surface area contributed by atoms with Gasteiger partial charge in [-0.3, -0.25) is 0 Å². The Morgan fingerprint density at radius 2 is 0.581 bits per heavy atom. The molecule has 0 heterocycles. The Kier molecular flexibility index (Phi) is 73.5. The molecule has 43 heavy (non-hydrogen) atoms. The molecule has 240 valence electrons. The van der Waals surface area contributed by atoms with Gasteiger partial charge in [-0.1, -0.05) is 0 Å². The van der Waals surface area contributed by atoms with Crippen molar-refractivity contribution in [2.75, 3.05) is 92.5 Å². The van der Waals surface area contributed by atoms with Crippen molar-refractivity contribution in [3.05, 3.63) is 28.4 Å². The van der Waals surface area contributed by atoms with E-state index < -0.39 is 24.4 Å². The molecule has 0 aliphatic carbocycles. The zero-order chi connectivity index (χ0) is 28.6. The Morgan fingerprint density at radius 3 is 0.767 bits per heavy atom. The second-order valence-corrected chi connectivity index (χ2v) is 7.20. The fourth-order valence-corrected chi connectivity index (χ4v) is 2.01. The van der Waals surface area contributed by atoms with E-state index in [-0.39, 0.29) is 79.3 Å². The van der Waals surface area contributed by atoms with Crippen LogP contribution in [0.2, 0.25) is 0 Å². The summed E-state index contributed by atoms with van der Waals surface area (Å²) in [6, 6.07) is 0. The Labute approximate surface area is 220 Å². The maximum atomic E-state index is 9.21. The van der Waals surface area contributed by atoms with Gasteiger partial charge in [-0.05, 0) is 6.42 Å². The molecule has 14 nitrogen and oxygen atoms in total. The van der Waals surface area contributed by atoms with Crippen LogP contribution in [0.15, 0.2) is 0 Å². The monoisotopic (exact) mass is 2150 g/mol. The summed E-state index contributed by atoms with van der Waals surface area (Å²) >= 11 is 0. The topological polar surface area (TPSA) is 195 Å². The van der Waals surface area contributed by atoms with Crippen molar-refractivity contribution in [2.24, 2.45) is 0 Å². The fraction of sp³-hybridized carbons (Fsp3) is 0.826. The van der Waals surface area contributed by atoms with E-state index in [1.54, 1.807) is 0 Å². The van der Waals surface area contributed by atoms with Gasteiger partial charge in [0.15, 0.2) is 0 Å². The molecule has 0 amide bonds. The van der Waals surface area contributed by atoms with Crippen LogP contribution in [-0.4, -0.2) is 148 Å². The third-order valence-electron chi connectivity index (χ3n) is 3.53. The van der Waals surface area contributed by atoms with Crippen LogP contribution in [-0.2, 0) is 37.9 Å². The van der Waals surface area contributed by atoms with E-state index in [0.717, 1.165) is 0 Å². The molecule has 0 aliphatic heterocycles. The molecule has 0 saturated heterocycles. The normalized spacial score (nSPS) is 12.1. The van der Waals surface area contributed by atoms with Crippen LogP contribution in [0.5, 0.6) is 0 Å². The van der Waals surface area contributed by atoms with Crippen LogP contribution < -0.4 is 0 Å². The summed E-state index contributed by atoms with van der Waals surface area (Å²) in [5.74, 6) is 0. The van der Waals surface area contributed by atoms with Crippen LogP contribution in [0.1, 0.15) is 6.42 Å². The van der Waals surface area contributed by atoms with Gasteiger partial charge >= 0.3 is 0 Å². The molecule has 0 aromatic heterocycles. The average Bonchev–Trinajstić information content (AvgIpc) is 2.85. The summed E-state index contributed by atoms with van der Waals surface area (Å²) < 4.78 is 37.7. The Hall–Kier alpha value is -6.56. The maximum absolute atomic E-state index is 9.21. The second-order valence-electron chi connectivity index (χ2n) is 7.20. The zero-order valence-corrected chi connectivity index (χ0v) is 64.3. The first-order valence-corrected chi connectivity index (χ1v) is 11.6. The van der Waals surface area contributed by atoms with Crippen molar-refractivity contribution >= 4 is 0 Å². The Bertz CT molecular complexity index is 386. The molecule has 4 atom stereocenters. The number of aliphatic hydroxyl groups excluding tert-OH is 6. The number of hydrogen-bond donors (Lipinski definition) is 6. The largest absolute Gasteiger partial charge is 0.553 e.